The predicted octanol–water partition coefficient (Wildman–Crippen LogP) is 6.11. The van der Waals surface area contributed by atoms with Crippen molar-refractivity contribution in [2.24, 2.45) is 17.8 Å². The molecule has 122 valence electrons. The van der Waals surface area contributed by atoms with E-state index >= 15 is 0 Å². The fourth-order valence-electron chi connectivity index (χ4n) is 5.15. The molecule has 0 aromatic heterocycles. The molecule has 0 bridgehead atoms. The molecular weight excluding hydrogens is 256 g/mol. The fraction of sp³-hybridized carbons (Fsp3) is 1.00. The van der Waals surface area contributed by atoms with Crippen LogP contribution < -0.4 is 0 Å². The van der Waals surface area contributed by atoms with Gasteiger partial charge in [0, 0.05) is 6.61 Å². The van der Waals surface area contributed by atoms with Crippen LogP contribution in [0.2, 0.25) is 0 Å². The van der Waals surface area contributed by atoms with Gasteiger partial charge in [-0.2, -0.15) is 0 Å². The molecule has 21 heavy (non-hydrogen) atoms. The zero-order valence-corrected chi connectivity index (χ0v) is 14.0. The van der Waals surface area contributed by atoms with E-state index in [1.54, 1.807) is 0 Å². The molecule has 3 aliphatic carbocycles. The summed E-state index contributed by atoms with van der Waals surface area (Å²) in [5.41, 5.74) is 0. The molecule has 0 radical (unpaired) electrons. The molecule has 1 nitrogen and oxygen atoms in total. The van der Waals surface area contributed by atoms with Gasteiger partial charge in [-0.1, -0.05) is 64.2 Å². The van der Waals surface area contributed by atoms with Crippen LogP contribution in [-0.2, 0) is 4.74 Å². The first-order chi connectivity index (χ1) is 10.4. The van der Waals surface area contributed by atoms with Gasteiger partial charge >= 0.3 is 0 Å². The smallest absolute Gasteiger partial charge is 0.0575 e. The molecule has 1 heteroatoms. The molecule has 0 aromatic carbocycles. The Hall–Kier alpha value is -0.0400. The van der Waals surface area contributed by atoms with Gasteiger partial charge in [-0.15, -0.1) is 0 Å². The minimum Gasteiger partial charge on any atom is -0.378 e. The van der Waals surface area contributed by atoms with Gasteiger partial charge in [-0.25, -0.2) is 0 Å². The molecule has 0 amide bonds. The first-order valence-corrected chi connectivity index (χ1v) is 10.0. The second-order valence-corrected chi connectivity index (χ2v) is 8.13. The summed E-state index contributed by atoms with van der Waals surface area (Å²) in [7, 11) is 0. The van der Waals surface area contributed by atoms with E-state index in [0.29, 0.717) is 6.10 Å². The highest BCUT2D eigenvalue weighted by molar-refractivity contribution is 4.78. The number of rotatable bonds is 4. The Balaban J connectivity index is 1.38. The average molecular weight is 293 g/mol. The first-order valence-electron chi connectivity index (χ1n) is 10.0. The Morgan fingerprint density at radius 1 is 0.524 bits per heavy atom. The van der Waals surface area contributed by atoms with Crippen LogP contribution >= 0.6 is 0 Å². The topological polar surface area (TPSA) is 9.23 Å². The summed E-state index contributed by atoms with van der Waals surface area (Å²) in [5, 5.41) is 0. The lowest BCUT2D eigenvalue weighted by molar-refractivity contribution is 0.00481. The van der Waals surface area contributed by atoms with Crippen molar-refractivity contribution in [1.82, 2.24) is 0 Å². The maximum absolute atomic E-state index is 6.26. The molecule has 0 aromatic rings. The number of hydrogen-bond acceptors (Lipinski definition) is 1. The van der Waals surface area contributed by atoms with Crippen LogP contribution in [-0.4, -0.2) is 12.7 Å². The van der Waals surface area contributed by atoms with E-state index in [1.807, 2.05) is 0 Å². The number of ether oxygens (including phenoxy) is 1. The second kappa shape index (κ2) is 8.56. The van der Waals surface area contributed by atoms with Crippen molar-refractivity contribution in [1.29, 1.82) is 0 Å². The van der Waals surface area contributed by atoms with E-state index in [4.69, 9.17) is 4.74 Å². The van der Waals surface area contributed by atoms with Gasteiger partial charge in [-0.05, 0) is 49.9 Å². The lowest BCUT2D eigenvalue weighted by Gasteiger charge is -2.29. The van der Waals surface area contributed by atoms with Crippen LogP contribution in [0.5, 0.6) is 0 Å². The Morgan fingerprint density at radius 2 is 1.14 bits per heavy atom. The van der Waals surface area contributed by atoms with Gasteiger partial charge in [-0.3, -0.25) is 0 Å². The summed E-state index contributed by atoms with van der Waals surface area (Å²) in [6.07, 6.45) is 22.5. The Kier molecular flexibility index (Phi) is 6.45. The highest BCUT2D eigenvalue weighted by Gasteiger charge is 2.27. The van der Waals surface area contributed by atoms with E-state index in [2.05, 4.69) is 0 Å². The van der Waals surface area contributed by atoms with Crippen LogP contribution in [0, 0.1) is 17.8 Å². The summed E-state index contributed by atoms with van der Waals surface area (Å²) in [6, 6.07) is 0. The van der Waals surface area contributed by atoms with Crippen molar-refractivity contribution in [3.05, 3.63) is 0 Å². The zero-order chi connectivity index (χ0) is 14.3. The summed E-state index contributed by atoms with van der Waals surface area (Å²) in [4.78, 5) is 0. The molecule has 0 N–H and O–H groups in total. The van der Waals surface area contributed by atoms with E-state index in [1.165, 1.54) is 96.3 Å². The lowest BCUT2D eigenvalue weighted by Crippen LogP contribution is -2.21. The molecule has 2 unspecified atom stereocenters. The van der Waals surface area contributed by atoms with Gasteiger partial charge in [0.15, 0.2) is 0 Å². The van der Waals surface area contributed by atoms with Crippen molar-refractivity contribution in [2.75, 3.05) is 6.61 Å². The average Bonchev–Trinajstić information content (AvgIpc) is 2.80. The first kappa shape index (κ1) is 15.8. The van der Waals surface area contributed by atoms with Crippen molar-refractivity contribution in [3.63, 3.8) is 0 Å². The third-order valence-corrected chi connectivity index (χ3v) is 6.57. The minimum absolute atomic E-state index is 0.608. The van der Waals surface area contributed by atoms with E-state index in [9.17, 15) is 0 Å². The van der Waals surface area contributed by atoms with Gasteiger partial charge in [0.05, 0.1) is 6.10 Å². The summed E-state index contributed by atoms with van der Waals surface area (Å²) in [5.74, 6) is 3.02. The summed E-state index contributed by atoms with van der Waals surface area (Å²) < 4.78 is 6.26. The van der Waals surface area contributed by atoms with Crippen LogP contribution in [0.15, 0.2) is 0 Å². The van der Waals surface area contributed by atoms with E-state index < -0.39 is 0 Å². The van der Waals surface area contributed by atoms with Gasteiger partial charge in [0.25, 0.3) is 0 Å². The predicted molar refractivity (Wildman–Crippen MR) is 89.5 cm³/mol. The molecule has 0 heterocycles. The maximum atomic E-state index is 6.26. The Labute approximate surface area is 132 Å². The van der Waals surface area contributed by atoms with E-state index in [-0.39, 0.29) is 0 Å². The molecule has 3 fully saturated rings. The Morgan fingerprint density at radius 3 is 1.90 bits per heavy atom. The largest absolute Gasteiger partial charge is 0.378 e. The zero-order valence-electron chi connectivity index (χ0n) is 14.0. The molecule has 3 rings (SSSR count). The van der Waals surface area contributed by atoms with Crippen LogP contribution in [0.25, 0.3) is 0 Å². The highest BCUT2D eigenvalue weighted by atomic mass is 16.5. The molecular formula is C20H36O. The van der Waals surface area contributed by atoms with Crippen molar-refractivity contribution < 1.29 is 4.74 Å². The fourth-order valence-corrected chi connectivity index (χ4v) is 5.15. The van der Waals surface area contributed by atoms with Crippen LogP contribution in [0.3, 0.4) is 0 Å². The molecule has 3 saturated carbocycles. The highest BCUT2D eigenvalue weighted by Crippen LogP contribution is 2.39. The monoisotopic (exact) mass is 292 g/mol. The molecule has 3 aliphatic rings. The van der Waals surface area contributed by atoms with Gasteiger partial charge in [0.1, 0.15) is 0 Å². The van der Waals surface area contributed by atoms with Crippen molar-refractivity contribution in [3.8, 4) is 0 Å². The Bertz CT molecular complexity index is 276. The molecule has 2 atom stereocenters. The summed E-state index contributed by atoms with van der Waals surface area (Å²) >= 11 is 0. The minimum atomic E-state index is 0.608. The third-order valence-electron chi connectivity index (χ3n) is 6.57. The van der Waals surface area contributed by atoms with Crippen LogP contribution in [0.1, 0.15) is 96.3 Å². The van der Waals surface area contributed by atoms with Gasteiger partial charge in [0.2, 0.25) is 0 Å². The van der Waals surface area contributed by atoms with Crippen LogP contribution in [0.4, 0.5) is 0 Å². The van der Waals surface area contributed by atoms with E-state index in [0.717, 1.165) is 24.4 Å². The normalized spacial score (nSPS) is 33.7. The van der Waals surface area contributed by atoms with Crippen molar-refractivity contribution >= 4 is 0 Å². The number of hydrogen-bond donors (Lipinski definition) is 0. The summed E-state index contributed by atoms with van der Waals surface area (Å²) in [6.45, 7) is 1.07. The maximum Gasteiger partial charge on any atom is 0.0575 e. The van der Waals surface area contributed by atoms with Gasteiger partial charge < -0.3 is 4.74 Å². The SMILES string of the molecule is C1CCC(OCC2CCCC(C3CCCCC3)CC2)CC1. The van der Waals surface area contributed by atoms with Crippen molar-refractivity contribution in [2.45, 2.75) is 102 Å². The second-order valence-electron chi connectivity index (χ2n) is 8.13. The molecule has 0 spiro atoms. The molecule has 0 saturated heterocycles. The quantitative estimate of drug-likeness (QED) is 0.568. The molecule has 0 aliphatic heterocycles. The lowest BCUT2D eigenvalue weighted by atomic mass is 9.77. The standard InChI is InChI=1S/C20H36O/c1-3-9-18(10-4-1)19-11-7-8-17(14-15-19)16-21-20-12-5-2-6-13-20/h17-20H,1-16H2. The third kappa shape index (κ3) is 4.98.